The summed E-state index contributed by atoms with van der Waals surface area (Å²) in [5.74, 6) is 0.941. The zero-order valence-electron chi connectivity index (χ0n) is 12.9. The highest BCUT2D eigenvalue weighted by Gasteiger charge is 2.26. The van der Waals surface area contributed by atoms with Crippen LogP contribution in [0, 0.1) is 5.92 Å². The molecule has 2 rings (SSSR count). The van der Waals surface area contributed by atoms with Crippen molar-refractivity contribution >= 4 is 5.91 Å². The van der Waals surface area contributed by atoms with E-state index in [0.29, 0.717) is 19.8 Å². The summed E-state index contributed by atoms with van der Waals surface area (Å²) < 4.78 is 10.6. The average molecular weight is 295 g/mol. The Morgan fingerprint density at radius 2 is 2.10 bits per heavy atom. The first kappa shape index (κ1) is 16.0. The number of nitrogens with zero attached hydrogens (tertiary/aromatic N) is 1. The summed E-state index contributed by atoms with van der Waals surface area (Å²) >= 11 is 0. The molecule has 0 aliphatic carbocycles. The molecule has 0 bridgehead atoms. The van der Waals surface area contributed by atoms with E-state index < -0.39 is 6.04 Å². The maximum Gasteiger partial charge on any atom is 0.237 e. The highest BCUT2D eigenvalue weighted by atomic mass is 16.5. The molecule has 1 aliphatic heterocycles. The van der Waals surface area contributed by atoms with Crippen LogP contribution in [0.15, 0.2) is 4.52 Å². The largest absolute Gasteiger partial charge is 0.381 e. The van der Waals surface area contributed by atoms with Crippen molar-refractivity contribution in [2.24, 2.45) is 11.7 Å². The van der Waals surface area contributed by atoms with Gasteiger partial charge in [-0.2, -0.15) is 0 Å². The molecule has 1 aromatic rings. The Bertz CT molecular complexity index is 445. The molecule has 6 nitrogen and oxygen atoms in total. The number of rotatable bonds is 6. The van der Waals surface area contributed by atoms with Crippen molar-refractivity contribution in [1.82, 2.24) is 10.5 Å². The molecule has 1 aliphatic rings. The van der Waals surface area contributed by atoms with Crippen molar-refractivity contribution in [3.05, 3.63) is 17.0 Å². The summed E-state index contributed by atoms with van der Waals surface area (Å²) in [6, 6.07) is -0.469. The van der Waals surface area contributed by atoms with Crippen LogP contribution in [0.2, 0.25) is 0 Å². The quantitative estimate of drug-likeness (QED) is 0.822. The van der Waals surface area contributed by atoms with Gasteiger partial charge in [0.1, 0.15) is 5.76 Å². The molecular weight excluding hydrogens is 270 g/mol. The summed E-state index contributed by atoms with van der Waals surface area (Å²) in [6.45, 7) is 5.86. The number of carbonyl (C=O) groups excluding carboxylic acids is 1. The number of nitrogens with two attached hydrogens (primary N) is 1. The zero-order valence-corrected chi connectivity index (χ0v) is 12.9. The van der Waals surface area contributed by atoms with E-state index in [4.69, 9.17) is 15.0 Å². The van der Waals surface area contributed by atoms with Crippen LogP contribution >= 0.6 is 0 Å². The predicted octanol–water partition coefficient (Wildman–Crippen LogP) is 1.17. The fourth-order valence-electron chi connectivity index (χ4n) is 2.72. The Balaban J connectivity index is 1.92. The number of aryl methyl sites for hydroxylation is 2. The van der Waals surface area contributed by atoms with Gasteiger partial charge >= 0.3 is 0 Å². The monoisotopic (exact) mass is 295 g/mol. The third kappa shape index (κ3) is 3.83. The van der Waals surface area contributed by atoms with Crippen molar-refractivity contribution in [2.45, 2.75) is 52.1 Å². The molecular formula is C15H25N3O3. The summed E-state index contributed by atoms with van der Waals surface area (Å²) in [6.07, 6.45) is 3.26. The van der Waals surface area contributed by atoms with Crippen LogP contribution in [0.5, 0.6) is 0 Å². The van der Waals surface area contributed by atoms with E-state index in [-0.39, 0.29) is 11.8 Å². The van der Waals surface area contributed by atoms with Gasteiger partial charge in [0.05, 0.1) is 11.7 Å². The molecule has 0 radical (unpaired) electrons. The highest BCUT2D eigenvalue weighted by molar-refractivity contribution is 5.81. The molecule has 21 heavy (non-hydrogen) atoms. The highest BCUT2D eigenvalue weighted by Crippen LogP contribution is 2.19. The van der Waals surface area contributed by atoms with Gasteiger partial charge in [-0.3, -0.25) is 4.79 Å². The van der Waals surface area contributed by atoms with E-state index in [0.717, 1.165) is 42.7 Å². The molecule has 2 heterocycles. The third-order valence-corrected chi connectivity index (χ3v) is 4.12. The van der Waals surface area contributed by atoms with Gasteiger partial charge in [0, 0.05) is 31.7 Å². The van der Waals surface area contributed by atoms with Crippen LogP contribution in [0.1, 0.15) is 43.7 Å². The van der Waals surface area contributed by atoms with Crippen molar-refractivity contribution in [3.8, 4) is 0 Å². The SMILES string of the molecule is CCc1noc(CC)c1CNC(=O)C(N)C1CCOCC1. The minimum absolute atomic E-state index is 0.104. The Kier molecular flexibility index (Phi) is 5.76. The van der Waals surface area contributed by atoms with Crippen molar-refractivity contribution in [3.63, 3.8) is 0 Å². The number of hydrogen-bond donors (Lipinski definition) is 2. The number of carbonyl (C=O) groups is 1. The molecule has 3 N–H and O–H groups in total. The summed E-state index contributed by atoms with van der Waals surface area (Å²) in [7, 11) is 0. The molecule has 1 unspecified atom stereocenters. The van der Waals surface area contributed by atoms with E-state index in [1.807, 2.05) is 13.8 Å². The summed E-state index contributed by atoms with van der Waals surface area (Å²) in [4.78, 5) is 12.2. The Morgan fingerprint density at radius 3 is 2.71 bits per heavy atom. The maximum absolute atomic E-state index is 12.2. The molecule has 6 heteroatoms. The van der Waals surface area contributed by atoms with Crippen LogP contribution in [0.3, 0.4) is 0 Å². The van der Waals surface area contributed by atoms with Gasteiger partial charge in [0.2, 0.25) is 5.91 Å². The van der Waals surface area contributed by atoms with Gasteiger partial charge in [-0.15, -0.1) is 0 Å². The fraction of sp³-hybridized carbons (Fsp3) is 0.733. The van der Waals surface area contributed by atoms with Crippen molar-refractivity contribution in [1.29, 1.82) is 0 Å². The summed E-state index contributed by atoms with van der Waals surface area (Å²) in [5, 5.41) is 6.97. The molecule has 0 aromatic carbocycles. The lowest BCUT2D eigenvalue weighted by Gasteiger charge is -2.26. The zero-order chi connectivity index (χ0) is 15.2. The van der Waals surface area contributed by atoms with Crippen LogP contribution in [-0.2, 0) is 28.9 Å². The first-order valence-electron chi connectivity index (χ1n) is 7.74. The summed E-state index contributed by atoms with van der Waals surface area (Å²) in [5.41, 5.74) is 7.97. The van der Waals surface area contributed by atoms with E-state index in [1.54, 1.807) is 0 Å². The smallest absolute Gasteiger partial charge is 0.237 e. The lowest BCUT2D eigenvalue weighted by Crippen LogP contribution is -2.46. The Hall–Kier alpha value is -1.40. The molecule has 1 aromatic heterocycles. The maximum atomic E-state index is 12.2. The van der Waals surface area contributed by atoms with Crippen molar-refractivity contribution in [2.75, 3.05) is 13.2 Å². The second-order valence-corrected chi connectivity index (χ2v) is 5.43. The van der Waals surface area contributed by atoms with Crippen LogP contribution < -0.4 is 11.1 Å². The van der Waals surface area contributed by atoms with E-state index in [2.05, 4.69) is 10.5 Å². The normalized spacial score (nSPS) is 17.7. The molecule has 1 fully saturated rings. The lowest BCUT2D eigenvalue weighted by atomic mass is 9.92. The fourth-order valence-corrected chi connectivity index (χ4v) is 2.72. The lowest BCUT2D eigenvalue weighted by molar-refractivity contribution is -0.124. The van der Waals surface area contributed by atoms with Gasteiger partial charge in [0.25, 0.3) is 0 Å². The molecule has 0 spiro atoms. The Labute approximate surface area is 125 Å². The number of ether oxygens (including phenoxy) is 1. The number of hydrogen-bond acceptors (Lipinski definition) is 5. The van der Waals surface area contributed by atoms with Crippen LogP contribution in [0.25, 0.3) is 0 Å². The van der Waals surface area contributed by atoms with Crippen LogP contribution in [-0.4, -0.2) is 30.3 Å². The second kappa shape index (κ2) is 7.56. The van der Waals surface area contributed by atoms with E-state index in [9.17, 15) is 4.79 Å². The predicted molar refractivity (Wildman–Crippen MR) is 78.6 cm³/mol. The number of amides is 1. The molecule has 1 amide bonds. The van der Waals surface area contributed by atoms with Gasteiger partial charge in [-0.05, 0) is 25.2 Å². The number of nitrogens with one attached hydrogen (secondary N) is 1. The van der Waals surface area contributed by atoms with Crippen LogP contribution in [0.4, 0.5) is 0 Å². The minimum Gasteiger partial charge on any atom is -0.381 e. The molecule has 1 atom stereocenters. The van der Waals surface area contributed by atoms with Gasteiger partial charge < -0.3 is 20.3 Å². The first-order chi connectivity index (χ1) is 10.2. The second-order valence-electron chi connectivity index (χ2n) is 5.43. The van der Waals surface area contributed by atoms with E-state index in [1.165, 1.54) is 0 Å². The average Bonchev–Trinajstić information content (AvgIpc) is 2.94. The standard InChI is InChI=1S/C15H25N3O3/c1-3-12-11(13(4-2)21-18-12)9-17-15(19)14(16)10-5-7-20-8-6-10/h10,14H,3-9,16H2,1-2H3,(H,17,19). The molecule has 0 saturated carbocycles. The van der Waals surface area contributed by atoms with Crippen molar-refractivity contribution < 1.29 is 14.1 Å². The Morgan fingerprint density at radius 1 is 1.38 bits per heavy atom. The van der Waals surface area contributed by atoms with Gasteiger partial charge in [0.15, 0.2) is 0 Å². The number of aromatic nitrogens is 1. The van der Waals surface area contributed by atoms with Gasteiger partial charge in [-0.25, -0.2) is 0 Å². The minimum atomic E-state index is -0.469. The van der Waals surface area contributed by atoms with Gasteiger partial charge in [-0.1, -0.05) is 19.0 Å². The third-order valence-electron chi connectivity index (χ3n) is 4.12. The van der Waals surface area contributed by atoms with E-state index >= 15 is 0 Å². The molecule has 118 valence electrons. The first-order valence-corrected chi connectivity index (χ1v) is 7.74. The topological polar surface area (TPSA) is 90.4 Å². The molecule has 1 saturated heterocycles.